The van der Waals surface area contributed by atoms with Crippen molar-refractivity contribution in [2.75, 3.05) is 0 Å². The van der Waals surface area contributed by atoms with Crippen LogP contribution in [0.3, 0.4) is 0 Å². The summed E-state index contributed by atoms with van der Waals surface area (Å²) < 4.78 is 0. The lowest BCUT2D eigenvalue weighted by Crippen LogP contribution is -2.60. The lowest BCUT2D eigenvalue weighted by molar-refractivity contribution is -0.132. The molecule has 0 saturated heterocycles. The van der Waals surface area contributed by atoms with Crippen LogP contribution in [-0.2, 0) is 9.59 Å². The summed E-state index contributed by atoms with van der Waals surface area (Å²) in [5, 5.41) is 12.0. The fraction of sp³-hybridized carbons (Fsp3) is 0.286. The summed E-state index contributed by atoms with van der Waals surface area (Å²) >= 11 is 0. The van der Waals surface area contributed by atoms with Crippen LogP contribution in [0.2, 0.25) is 0 Å². The number of aliphatic hydroxyl groups is 1. The molecule has 0 radical (unpaired) electrons. The molecule has 1 unspecified atom stereocenters. The summed E-state index contributed by atoms with van der Waals surface area (Å²) in [5.74, 6) is -1.58. The van der Waals surface area contributed by atoms with E-state index in [0.717, 1.165) is 6.92 Å². The van der Waals surface area contributed by atoms with Crippen molar-refractivity contribution < 1.29 is 14.7 Å². The monoisotopic (exact) mass is 183 g/mol. The van der Waals surface area contributed by atoms with Gasteiger partial charge in [0, 0.05) is 12.4 Å². The number of primary amides is 1. The molecule has 0 aromatic rings. The Balaban J connectivity index is 3.13. The number of Topliss-reactive ketones (excluding diaryl/α,β-unsaturated/α-hetero) is 1. The normalized spacial score (nSPS) is 26.2. The van der Waals surface area contributed by atoms with Gasteiger partial charge in [0.05, 0.1) is 0 Å². The Morgan fingerprint density at radius 3 is 2.69 bits per heavy atom. The first kappa shape index (κ1) is 9.40. The van der Waals surface area contributed by atoms with Crippen LogP contribution in [0.4, 0.5) is 0 Å². The molecule has 0 aromatic heterocycles. The highest BCUT2D eigenvalue weighted by Gasteiger charge is 2.41. The first-order valence-corrected chi connectivity index (χ1v) is 3.52. The second kappa shape index (κ2) is 2.98. The van der Waals surface area contributed by atoms with Crippen LogP contribution >= 0.6 is 0 Å². The van der Waals surface area contributed by atoms with Crippen LogP contribution in [0.15, 0.2) is 17.4 Å². The molecule has 4 N–H and O–H groups in total. The number of hydrogen-bond acceptors (Lipinski definition) is 5. The summed E-state index contributed by atoms with van der Waals surface area (Å²) in [6.45, 7) is 1.13. The van der Waals surface area contributed by atoms with E-state index < -0.39 is 23.1 Å². The molecule has 1 atom stereocenters. The molecule has 1 heterocycles. The van der Waals surface area contributed by atoms with Gasteiger partial charge in [-0.1, -0.05) is 0 Å². The highest BCUT2D eigenvalue weighted by molar-refractivity contribution is 6.45. The third-order valence-electron chi connectivity index (χ3n) is 1.66. The molecule has 0 aromatic carbocycles. The van der Waals surface area contributed by atoms with E-state index in [2.05, 4.69) is 10.3 Å². The predicted octanol–water partition coefficient (Wildman–Crippen LogP) is -1.74. The fourth-order valence-electron chi connectivity index (χ4n) is 0.942. The quantitative estimate of drug-likeness (QED) is 0.472. The van der Waals surface area contributed by atoms with Gasteiger partial charge in [-0.05, 0) is 6.92 Å². The van der Waals surface area contributed by atoms with Crippen molar-refractivity contribution in [3.63, 3.8) is 0 Å². The average molecular weight is 183 g/mol. The Hall–Kier alpha value is -1.69. The summed E-state index contributed by atoms with van der Waals surface area (Å²) in [6.07, 6.45) is 2.49. The third kappa shape index (κ3) is 1.43. The van der Waals surface area contributed by atoms with Gasteiger partial charge in [0.15, 0.2) is 11.5 Å². The maximum Gasteiger partial charge on any atom is 0.268 e. The number of rotatable bonds is 2. The molecular formula is C7H9N3O3. The number of carbonyl (C=O) groups is 2. The second-order valence-corrected chi connectivity index (χ2v) is 2.57. The van der Waals surface area contributed by atoms with Crippen molar-refractivity contribution in [1.29, 1.82) is 0 Å². The Bertz CT molecular complexity index is 321. The van der Waals surface area contributed by atoms with Gasteiger partial charge in [0.2, 0.25) is 5.72 Å². The number of ketones is 1. The van der Waals surface area contributed by atoms with Gasteiger partial charge in [0.25, 0.3) is 5.91 Å². The third-order valence-corrected chi connectivity index (χ3v) is 1.66. The number of hydrogen-bond donors (Lipinski definition) is 3. The molecule has 1 aliphatic heterocycles. The van der Waals surface area contributed by atoms with Crippen LogP contribution in [-0.4, -0.2) is 28.2 Å². The molecule has 0 saturated carbocycles. The maximum absolute atomic E-state index is 11.0. The largest absolute Gasteiger partial charge is 0.364 e. The molecule has 0 spiro atoms. The van der Waals surface area contributed by atoms with Crippen molar-refractivity contribution in [2.24, 2.45) is 10.7 Å². The Morgan fingerprint density at radius 2 is 2.31 bits per heavy atom. The fourth-order valence-corrected chi connectivity index (χ4v) is 0.942. The lowest BCUT2D eigenvalue weighted by Gasteiger charge is -2.27. The maximum atomic E-state index is 11.0. The van der Waals surface area contributed by atoms with Crippen LogP contribution in [0.5, 0.6) is 0 Å². The smallest absolute Gasteiger partial charge is 0.268 e. The van der Waals surface area contributed by atoms with Crippen molar-refractivity contribution in [3.05, 3.63) is 12.4 Å². The van der Waals surface area contributed by atoms with Crippen LogP contribution in [0.1, 0.15) is 6.92 Å². The van der Waals surface area contributed by atoms with E-state index in [9.17, 15) is 14.7 Å². The topological polar surface area (TPSA) is 105 Å². The minimum absolute atomic E-state index is 0.400. The van der Waals surface area contributed by atoms with Crippen molar-refractivity contribution in [2.45, 2.75) is 12.6 Å². The molecule has 0 aliphatic carbocycles. The van der Waals surface area contributed by atoms with Crippen LogP contribution < -0.4 is 11.1 Å². The Morgan fingerprint density at radius 1 is 1.69 bits per heavy atom. The van der Waals surface area contributed by atoms with Crippen molar-refractivity contribution in [3.8, 4) is 0 Å². The Labute approximate surface area is 74.1 Å². The lowest BCUT2D eigenvalue weighted by atomic mass is 10.0. The van der Waals surface area contributed by atoms with Crippen molar-refractivity contribution in [1.82, 2.24) is 5.32 Å². The van der Waals surface area contributed by atoms with Gasteiger partial charge in [-0.15, -0.1) is 0 Å². The second-order valence-electron chi connectivity index (χ2n) is 2.57. The first-order chi connectivity index (χ1) is 5.98. The zero-order valence-corrected chi connectivity index (χ0v) is 6.94. The van der Waals surface area contributed by atoms with Crippen LogP contribution in [0, 0.1) is 0 Å². The van der Waals surface area contributed by atoms with E-state index in [4.69, 9.17) is 5.73 Å². The van der Waals surface area contributed by atoms with Gasteiger partial charge in [-0.2, -0.15) is 0 Å². The molecule has 1 rings (SSSR count). The van der Waals surface area contributed by atoms with Gasteiger partial charge >= 0.3 is 0 Å². The number of amides is 1. The van der Waals surface area contributed by atoms with E-state index in [1.807, 2.05) is 0 Å². The minimum Gasteiger partial charge on any atom is -0.364 e. The number of aliphatic imine (C=N–C) groups is 1. The highest BCUT2D eigenvalue weighted by atomic mass is 16.3. The van der Waals surface area contributed by atoms with Gasteiger partial charge in [-0.3, -0.25) is 9.59 Å². The number of nitrogens with two attached hydrogens (primary N) is 1. The molecule has 1 aliphatic rings. The van der Waals surface area contributed by atoms with Gasteiger partial charge in [0.1, 0.15) is 0 Å². The van der Waals surface area contributed by atoms with E-state index in [0.29, 0.717) is 0 Å². The standard InChI is InChI=1S/C7H9N3O3/c1-4(11)7(13)5(6(8)12)9-2-3-10-7/h2-3,10,13H,1H3,(H2,8,12). The molecule has 6 heteroatoms. The van der Waals surface area contributed by atoms with Gasteiger partial charge in [-0.25, -0.2) is 4.99 Å². The summed E-state index contributed by atoms with van der Waals surface area (Å²) in [6, 6.07) is 0. The van der Waals surface area contributed by atoms with E-state index >= 15 is 0 Å². The highest BCUT2D eigenvalue weighted by Crippen LogP contribution is 2.09. The Kier molecular flexibility index (Phi) is 2.16. The summed E-state index contributed by atoms with van der Waals surface area (Å²) in [4.78, 5) is 25.3. The van der Waals surface area contributed by atoms with Crippen molar-refractivity contribution >= 4 is 17.4 Å². The predicted molar refractivity (Wildman–Crippen MR) is 44.5 cm³/mol. The number of nitrogens with one attached hydrogen (secondary N) is 1. The summed E-state index contributed by atoms with van der Waals surface area (Å²) in [5.41, 5.74) is 2.44. The number of nitrogens with zero attached hydrogens (tertiary/aromatic N) is 1. The molecule has 13 heavy (non-hydrogen) atoms. The zero-order chi connectivity index (χ0) is 10.1. The van der Waals surface area contributed by atoms with E-state index in [1.54, 1.807) is 0 Å². The van der Waals surface area contributed by atoms with Crippen LogP contribution in [0.25, 0.3) is 0 Å². The molecule has 0 bridgehead atoms. The molecule has 6 nitrogen and oxygen atoms in total. The molecule has 1 amide bonds. The number of carbonyl (C=O) groups excluding carboxylic acids is 2. The summed E-state index contributed by atoms with van der Waals surface area (Å²) in [7, 11) is 0. The first-order valence-electron chi connectivity index (χ1n) is 3.52. The molecular weight excluding hydrogens is 174 g/mol. The average Bonchev–Trinajstić information content (AvgIpc) is 2.04. The SMILES string of the molecule is CC(=O)C1(O)NC=CN=C1C(N)=O. The minimum atomic E-state index is -2.08. The van der Waals surface area contributed by atoms with Gasteiger partial charge < -0.3 is 16.2 Å². The zero-order valence-electron chi connectivity index (χ0n) is 6.94. The van der Waals surface area contributed by atoms with E-state index in [-0.39, 0.29) is 0 Å². The molecule has 0 fully saturated rings. The van der Waals surface area contributed by atoms with E-state index in [1.165, 1.54) is 12.4 Å². The molecule has 70 valence electrons.